The second-order valence-corrected chi connectivity index (χ2v) is 4.52. The zero-order valence-corrected chi connectivity index (χ0v) is 10.4. The fourth-order valence-corrected chi connectivity index (χ4v) is 2.56. The predicted octanol–water partition coefficient (Wildman–Crippen LogP) is 3.67. The summed E-state index contributed by atoms with van der Waals surface area (Å²) < 4.78 is 1.35. The summed E-state index contributed by atoms with van der Waals surface area (Å²) in [7, 11) is 0. The molecule has 0 aliphatic heterocycles. The van der Waals surface area contributed by atoms with Gasteiger partial charge in [-0.2, -0.15) is 0 Å². The predicted molar refractivity (Wildman–Crippen MR) is 63.8 cm³/mol. The molecule has 0 spiro atoms. The molecule has 6 heteroatoms. The number of fused-ring (bicyclic) bond motifs is 1. The number of pyridine rings is 1. The van der Waals surface area contributed by atoms with Crippen LogP contribution in [0.2, 0.25) is 0 Å². The summed E-state index contributed by atoms with van der Waals surface area (Å²) in [6, 6.07) is 6.62. The van der Waals surface area contributed by atoms with Crippen LogP contribution in [-0.4, -0.2) is 9.91 Å². The van der Waals surface area contributed by atoms with Gasteiger partial charge in [-0.15, -0.1) is 0 Å². The zero-order chi connectivity index (χ0) is 11.0. The first-order chi connectivity index (χ1) is 7.09. The highest BCUT2D eigenvalue weighted by molar-refractivity contribution is 9.11. The third-order valence-electron chi connectivity index (χ3n) is 1.93. The van der Waals surface area contributed by atoms with Crippen molar-refractivity contribution in [3.8, 4) is 0 Å². The number of benzene rings is 1. The van der Waals surface area contributed by atoms with Crippen LogP contribution in [0.25, 0.3) is 10.9 Å². The quantitative estimate of drug-likeness (QED) is 0.455. The van der Waals surface area contributed by atoms with Gasteiger partial charge < -0.3 is 0 Å². The number of para-hydroxylation sites is 1. The molecule has 4 nitrogen and oxygen atoms in total. The maximum atomic E-state index is 10.8. The number of rotatable bonds is 1. The maximum absolute atomic E-state index is 10.8. The Morgan fingerprint density at radius 3 is 2.73 bits per heavy atom. The minimum absolute atomic E-state index is 0.00880. The van der Waals surface area contributed by atoms with Crippen LogP contribution in [-0.2, 0) is 0 Å². The van der Waals surface area contributed by atoms with Gasteiger partial charge in [0, 0.05) is 15.9 Å². The Labute approximate surface area is 102 Å². The largest absolute Gasteiger partial charge is 0.295 e. The molecular weight excluding hydrogens is 328 g/mol. The van der Waals surface area contributed by atoms with Crippen LogP contribution in [0.15, 0.2) is 33.3 Å². The highest BCUT2D eigenvalue weighted by Crippen LogP contribution is 2.31. The topological polar surface area (TPSA) is 56.0 Å². The number of nitrogens with zero attached hydrogens (tertiary/aromatic N) is 2. The fraction of sp³-hybridized carbons (Fsp3) is 0. The van der Waals surface area contributed by atoms with Gasteiger partial charge in [0.05, 0.1) is 4.92 Å². The second-order valence-electron chi connectivity index (χ2n) is 2.86. The molecule has 0 N–H and O–H groups in total. The molecule has 0 saturated heterocycles. The Hall–Kier alpha value is -1.01. The van der Waals surface area contributed by atoms with Crippen molar-refractivity contribution >= 4 is 48.5 Å². The van der Waals surface area contributed by atoms with Crippen molar-refractivity contribution in [1.29, 1.82) is 0 Å². The number of nitro groups is 1. The van der Waals surface area contributed by atoms with Crippen molar-refractivity contribution in [3.05, 3.63) is 43.5 Å². The van der Waals surface area contributed by atoms with Crippen molar-refractivity contribution in [3.63, 3.8) is 0 Å². The molecule has 15 heavy (non-hydrogen) atoms. The Morgan fingerprint density at radius 2 is 2.07 bits per heavy atom. The van der Waals surface area contributed by atoms with Gasteiger partial charge in [-0.3, -0.25) is 10.1 Å². The standard InChI is InChI=1S/C9H4Br2N2O2/c10-6-4-8(11)12-9-5(6)2-1-3-7(9)13(14)15/h1-4H. The van der Waals surface area contributed by atoms with Gasteiger partial charge in [0.25, 0.3) is 5.69 Å². The van der Waals surface area contributed by atoms with Crippen LogP contribution >= 0.6 is 31.9 Å². The van der Waals surface area contributed by atoms with Crippen molar-refractivity contribution in [2.45, 2.75) is 0 Å². The number of non-ortho nitro benzene ring substituents is 1. The Kier molecular flexibility index (Phi) is 2.70. The minimum Gasteiger partial charge on any atom is -0.258 e. The molecule has 0 unspecified atom stereocenters. The van der Waals surface area contributed by atoms with E-state index in [0.717, 1.165) is 9.86 Å². The van der Waals surface area contributed by atoms with Crippen LogP contribution in [0.5, 0.6) is 0 Å². The Bertz CT molecular complexity index is 557. The highest BCUT2D eigenvalue weighted by Gasteiger charge is 2.14. The van der Waals surface area contributed by atoms with E-state index in [9.17, 15) is 10.1 Å². The summed E-state index contributed by atoms with van der Waals surface area (Å²) >= 11 is 6.54. The molecule has 0 aliphatic rings. The van der Waals surface area contributed by atoms with Crippen molar-refractivity contribution < 1.29 is 4.92 Å². The van der Waals surface area contributed by atoms with Gasteiger partial charge >= 0.3 is 0 Å². The molecule has 76 valence electrons. The molecule has 1 heterocycles. The monoisotopic (exact) mass is 330 g/mol. The van der Waals surface area contributed by atoms with E-state index in [4.69, 9.17) is 0 Å². The van der Waals surface area contributed by atoms with Gasteiger partial charge in [0.1, 0.15) is 4.60 Å². The zero-order valence-electron chi connectivity index (χ0n) is 7.28. The lowest BCUT2D eigenvalue weighted by molar-refractivity contribution is -0.383. The summed E-state index contributed by atoms with van der Waals surface area (Å²) in [5, 5.41) is 11.5. The lowest BCUT2D eigenvalue weighted by atomic mass is 10.2. The molecule has 0 saturated carbocycles. The molecular formula is C9H4Br2N2O2. The molecule has 0 radical (unpaired) electrons. The molecule has 1 aromatic heterocycles. The third-order valence-corrected chi connectivity index (χ3v) is 3.00. The molecule has 1 aromatic carbocycles. The van der Waals surface area contributed by atoms with E-state index in [-0.39, 0.29) is 5.69 Å². The van der Waals surface area contributed by atoms with Crippen LogP contribution in [0.3, 0.4) is 0 Å². The number of hydrogen-bond donors (Lipinski definition) is 0. The summed E-state index contributed by atoms with van der Waals surface area (Å²) in [4.78, 5) is 14.4. The van der Waals surface area contributed by atoms with E-state index < -0.39 is 4.92 Å². The van der Waals surface area contributed by atoms with E-state index >= 15 is 0 Å². The maximum Gasteiger partial charge on any atom is 0.295 e. The normalized spacial score (nSPS) is 10.5. The lowest BCUT2D eigenvalue weighted by Gasteiger charge is -2.01. The first-order valence-corrected chi connectivity index (χ1v) is 5.57. The van der Waals surface area contributed by atoms with Crippen LogP contribution < -0.4 is 0 Å². The van der Waals surface area contributed by atoms with Gasteiger partial charge in [-0.1, -0.05) is 12.1 Å². The van der Waals surface area contributed by atoms with E-state index in [2.05, 4.69) is 36.8 Å². The molecule has 2 aromatic rings. The van der Waals surface area contributed by atoms with E-state index in [0.29, 0.717) is 10.1 Å². The highest BCUT2D eigenvalue weighted by atomic mass is 79.9. The van der Waals surface area contributed by atoms with Crippen LogP contribution in [0.4, 0.5) is 5.69 Å². The first-order valence-electron chi connectivity index (χ1n) is 3.99. The summed E-state index contributed by atoms with van der Waals surface area (Å²) in [5.41, 5.74) is 0.387. The smallest absolute Gasteiger partial charge is 0.258 e. The van der Waals surface area contributed by atoms with Gasteiger partial charge in [0.15, 0.2) is 5.52 Å². The summed E-state index contributed by atoms with van der Waals surface area (Å²) in [5.74, 6) is 0. The lowest BCUT2D eigenvalue weighted by Crippen LogP contribution is -1.92. The van der Waals surface area contributed by atoms with Gasteiger partial charge in [-0.05, 0) is 37.9 Å². The Morgan fingerprint density at radius 1 is 1.33 bits per heavy atom. The SMILES string of the molecule is O=[N+]([O-])c1cccc2c(Br)cc(Br)nc12. The van der Waals surface area contributed by atoms with Crippen molar-refractivity contribution in [2.24, 2.45) is 0 Å². The average molecular weight is 332 g/mol. The molecule has 0 atom stereocenters. The van der Waals surface area contributed by atoms with Crippen LogP contribution in [0.1, 0.15) is 0 Å². The van der Waals surface area contributed by atoms with Crippen LogP contribution in [0, 0.1) is 10.1 Å². The minimum atomic E-state index is -0.436. The van der Waals surface area contributed by atoms with E-state index in [1.165, 1.54) is 6.07 Å². The third kappa shape index (κ3) is 1.87. The van der Waals surface area contributed by atoms with E-state index in [1.54, 1.807) is 18.2 Å². The average Bonchev–Trinajstić information content (AvgIpc) is 2.16. The van der Waals surface area contributed by atoms with Gasteiger partial charge in [0.2, 0.25) is 0 Å². The van der Waals surface area contributed by atoms with Crippen molar-refractivity contribution in [2.75, 3.05) is 0 Å². The fourth-order valence-electron chi connectivity index (χ4n) is 1.31. The number of halogens is 2. The number of nitro benzene ring substituents is 1. The molecule has 0 aliphatic carbocycles. The summed E-state index contributed by atoms with van der Waals surface area (Å²) in [6.07, 6.45) is 0. The molecule has 0 bridgehead atoms. The van der Waals surface area contributed by atoms with E-state index in [1.807, 2.05) is 0 Å². The molecule has 0 fully saturated rings. The molecule has 2 rings (SSSR count). The number of hydrogen-bond acceptors (Lipinski definition) is 3. The van der Waals surface area contributed by atoms with Gasteiger partial charge in [-0.25, -0.2) is 4.98 Å². The summed E-state index contributed by atoms with van der Waals surface area (Å²) in [6.45, 7) is 0. The van der Waals surface area contributed by atoms with Crippen molar-refractivity contribution in [1.82, 2.24) is 4.98 Å². The molecule has 0 amide bonds. The first kappa shape index (κ1) is 10.5. The Balaban J connectivity index is 2.91. The second kappa shape index (κ2) is 3.86. The number of aromatic nitrogens is 1.